The van der Waals surface area contributed by atoms with E-state index < -0.39 is 6.10 Å². The van der Waals surface area contributed by atoms with E-state index in [2.05, 4.69) is 18.0 Å². The number of benzene rings is 1. The van der Waals surface area contributed by atoms with Gasteiger partial charge in [-0.15, -0.1) is 0 Å². The van der Waals surface area contributed by atoms with Crippen molar-refractivity contribution in [1.82, 2.24) is 4.90 Å². The smallest absolute Gasteiger partial charge is 0.165 e. The largest absolute Gasteiger partial charge is 0.504 e. The quantitative estimate of drug-likeness (QED) is 0.514. The summed E-state index contributed by atoms with van der Waals surface area (Å²) in [5, 5.41) is 20.6. The van der Waals surface area contributed by atoms with Crippen molar-refractivity contribution in [2.75, 3.05) is 13.6 Å². The molecule has 0 aromatic heterocycles. The van der Waals surface area contributed by atoms with Crippen molar-refractivity contribution in [2.24, 2.45) is 5.92 Å². The molecule has 4 aliphatic rings. The third-order valence-electron chi connectivity index (χ3n) is 6.15. The van der Waals surface area contributed by atoms with Crippen molar-refractivity contribution in [1.29, 1.82) is 0 Å². The Morgan fingerprint density at radius 1 is 1.32 bits per heavy atom. The van der Waals surface area contributed by atoms with Crippen LogP contribution in [-0.4, -0.2) is 47.0 Å². The number of aliphatic hydroxyl groups excluding tert-OH is 1. The summed E-state index contributed by atoms with van der Waals surface area (Å²) in [6.07, 6.45) is 5.18. The number of likely N-dealkylation sites (tertiary alicyclic amines) is 1. The molecule has 5 rings (SSSR count). The molecule has 2 bridgehead atoms. The summed E-state index contributed by atoms with van der Waals surface area (Å²) < 4.78 is 6.09. The van der Waals surface area contributed by atoms with Gasteiger partial charge in [0.1, 0.15) is 12.2 Å². The van der Waals surface area contributed by atoms with E-state index in [1.54, 1.807) is 6.07 Å². The van der Waals surface area contributed by atoms with Crippen LogP contribution in [0.3, 0.4) is 0 Å². The van der Waals surface area contributed by atoms with Gasteiger partial charge in [-0.3, -0.25) is 0 Å². The fourth-order valence-corrected chi connectivity index (χ4v) is 5.24. The second-order valence-corrected chi connectivity index (χ2v) is 6.93. The first-order valence-corrected chi connectivity index (χ1v) is 7.71. The predicted molar refractivity (Wildman–Crippen MR) is 77.6 cm³/mol. The number of hydrogen-bond acceptors (Lipinski definition) is 4. The number of hydrogen-bond donors (Lipinski definition) is 2. The first-order chi connectivity index (χ1) is 10.1. The van der Waals surface area contributed by atoms with Crippen molar-refractivity contribution in [3.63, 3.8) is 0 Å². The monoisotopic (exact) mass is 512 g/mol. The van der Waals surface area contributed by atoms with Gasteiger partial charge in [0.15, 0.2) is 11.5 Å². The number of ether oxygens (including phenoxy) is 1. The fraction of sp³-hybridized carbons (Fsp3) is 0.529. The van der Waals surface area contributed by atoms with E-state index in [1.807, 2.05) is 12.1 Å². The number of phenolic OH excluding ortho intramolecular Hbond substituents is 1. The van der Waals surface area contributed by atoms with E-state index in [1.165, 1.54) is 11.1 Å². The van der Waals surface area contributed by atoms with Gasteiger partial charge >= 0.3 is 0 Å². The Kier molecular flexibility index (Phi) is 3.48. The van der Waals surface area contributed by atoms with Gasteiger partial charge in [-0.25, -0.2) is 0 Å². The van der Waals surface area contributed by atoms with E-state index in [0.717, 1.165) is 19.4 Å². The van der Waals surface area contributed by atoms with E-state index in [-0.39, 0.29) is 61.3 Å². The van der Waals surface area contributed by atoms with Crippen LogP contribution in [0.25, 0.3) is 0 Å². The van der Waals surface area contributed by atoms with Gasteiger partial charge in [0.05, 0.1) is 0 Å². The molecule has 1 radical (unpaired) electrons. The zero-order valence-corrected chi connectivity index (χ0v) is 17.3. The summed E-state index contributed by atoms with van der Waals surface area (Å²) in [6.45, 7) is 1.01. The van der Waals surface area contributed by atoms with E-state index in [0.29, 0.717) is 17.7 Å². The number of rotatable bonds is 0. The third kappa shape index (κ3) is 1.64. The Morgan fingerprint density at radius 2 is 2.14 bits per heavy atom. The molecule has 2 aliphatic heterocycles. The zero-order valence-electron chi connectivity index (χ0n) is 12.6. The average molecular weight is 512 g/mol. The molecule has 2 aliphatic carbocycles. The molecule has 1 aromatic rings. The number of aromatic hydroxyl groups is 1. The Bertz CT molecular complexity index is 676. The molecule has 1 spiro atoms. The molecule has 5 atom stereocenters. The number of piperidine rings is 1. The maximum absolute atomic E-state index is 10.4. The molecule has 1 fully saturated rings. The molecule has 0 amide bonds. The van der Waals surface area contributed by atoms with Gasteiger partial charge < -0.3 is 19.8 Å². The topological polar surface area (TPSA) is 52.9 Å². The summed E-state index contributed by atoms with van der Waals surface area (Å²) in [6, 6.07) is 4.23. The van der Waals surface area contributed by atoms with E-state index in [9.17, 15) is 10.2 Å². The van der Waals surface area contributed by atoms with Crippen molar-refractivity contribution in [3.05, 3.63) is 35.4 Å². The second kappa shape index (κ2) is 4.96. The first-order valence-electron chi connectivity index (χ1n) is 7.71. The Labute approximate surface area is 165 Å². The van der Waals surface area contributed by atoms with Gasteiger partial charge in [0, 0.05) is 67.0 Å². The maximum Gasteiger partial charge on any atom is 0.165 e. The van der Waals surface area contributed by atoms with Gasteiger partial charge in [0.2, 0.25) is 0 Å². The van der Waals surface area contributed by atoms with Gasteiger partial charge in [-0.1, -0.05) is 18.2 Å². The molecule has 5 heteroatoms. The van der Waals surface area contributed by atoms with Crippen LogP contribution in [0.15, 0.2) is 24.3 Å². The van der Waals surface area contributed by atoms with Gasteiger partial charge in [-0.2, -0.15) is 0 Å². The Morgan fingerprint density at radius 3 is 2.95 bits per heavy atom. The van der Waals surface area contributed by atoms with Gasteiger partial charge in [0.25, 0.3) is 0 Å². The van der Waals surface area contributed by atoms with Crippen molar-refractivity contribution in [3.8, 4) is 11.5 Å². The molecule has 2 N–H and O–H groups in total. The third-order valence-corrected chi connectivity index (χ3v) is 6.15. The van der Waals surface area contributed by atoms with Crippen LogP contribution in [-0.2, 0) is 11.8 Å². The number of aliphatic hydroxyl groups is 1. The van der Waals surface area contributed by atoms with E-state index in [4.69, 9.17) is 4.74 Å². The Balaban J connectivity index is 0.00000125. The second-order valence-electron chi connectivity index (χ2n) is 6.93. The van der Waals surface area contributed by atoms with E-state index >= 15 is 0 Å². The Hall–Kier alpha value is -0.0784. The molecule has 2 heterocycles. The van der Waals surface area contributed by atoms with Crippen LogP contribution in [0.2, 0.25) is 0 Å². The zero-order chi connectivity index (χ0) is 14.4. The molecular weight excluding hydrogens is 493 g/mol. The first kappa shape index (κ1) is 15.4. The SMILES string of the molecule is CN1CC[C@]23c4c5ccc(O)c4O[C@H]2[C@@H](O)C=C[C@H]3[C@H]1C5.[Ac]. The minimum atomic E-state index is -0.594. The van der Waals surface area contributed by atoms with Crippen LogP contribution in [0.5, 0.6) is 11.5 Å². The van der Waals surface area contributed by atoms with Crippen LogP contribution < -0.4 is 4.74 Å². The molecular formula is C17H19AcNO3. The number of nitrogens with zero attached hydrogens (tertiary/aromatic N) is 1. The summed E-state index contributed by atoms with van der Waals surface area (Å²) >= 11 is 0. The molecule has 22 heavy (non-hydrogen) atoms. The normalized spacial score (nSPS) is 40.6. The molecule has 0 saturated carbocycles. The predicted octanol–water partition coefficient (Wildman–Crippen LogP) is 1.20. The van der Waals surface area contributed by atoms with Gasteiger partial charge in [-0.05, 0) is 38.1 Å². The minimum Gasteiger partial charge on any atom is -0.504 e. The number of phenols is 1. The maximum atomic E-state index is 10.4. The molecule has 1 saturated heterocycles. The van der Waals surface area contributed by atoms with Crippen molar-refractivity contribution >= 4 is 0 Å². The summed E-state index contributed by atoms with van der Waals surface area (Å²) in [5.74, 6) is 1.19. The fourth-order valence-electron chi connectivity index (χ4n) is 5.24. The van der Waals surface area contributed by atoms with Crippen LogP contribution in [0.4, 0.5) is 0 Å². The van der Waals surface area contributed by atoms with Crippen LogP contribution in [0.1, 0.15) is 17.5 Å². The summed E-state index contributed by atoms with van der Waals surface area (Å²) in [7, 11) is 2.19. The molecule has 4 nitrogen and oxygen atoms in total. The number of likely N-dealkylation sites (N-methyl/N-ethyl adjacent to an activating group) is 1. The summed E-state index contributed by atoms with van der Waals surface area (Å²) in [5.41, 5.74) is 2.29. The van der Waals surface area contributed by atoms with Crippen molar-refractivity contribution in [2.45, 2.75) is 36.5 Å². The standard InChI is InChI=1S/C17H19NO3.Ac/c1-18-7-6-17-10-3-5-13(20)16(17)21-15-12(19)4-2-9(14(15)17)8-11(10)18;/h2-5,10-11,13,16,19-20H,6-8H2,1H3;/t10-,11+,13-,16-,17-;/m0./s1. The average Bonchev–Trinajstić information content (AvgIpc) is 2.83. The van der Waals surface area contributed by atoms with Crippen LogP contribution in [0, 0.1) is 50.0 Å². The molecule has 113 valence electrons. The minimum absolute atomic E-state index is 0. The summed E-state index contributed by atoms with van der Waals surface area (Å²) in [4.78, 5) is 2.43. The van der Waals surface area contributed by atoms with Crippen molar-refractivity contribution < 1.29 is 59.0 Å². The molecule has 0 unspecified atom stereocenters. The molecule has 1 aromatic carbocycles. The van der Waals surface area contributed by atoms with Crippen LogP contribution >= 0.6 is 0 Å².